The Kier molecular flexibility index (Phi) is 5.34. The summed E-state index contributed by atoms with van der Waals surface area (Å²) in [5.41, 5.74) is 7.59. The molecule has 2 atom stereocenters. The van der Waals surface area contributed by atoms with E-state index in [0.29, 0.717) is 17.1 Å². The van der Waals surface area contributed by atoms with E-state index in [1.54, 1.807) is 12.1 Å². The molecule has 2 rings (SSSR count). The predicted octanol–water partition coefficient (Wildman–Crippen LogP) is 4.17. The third-order valence-corrected chi connectivity index (χ3v) is 4.16. The molecular weight excluding hydrogens is 287 g/mol. The third kappa shape index (κ3) is 3.62. The maximum absolute atomic E-state index is 14.0. The average Bonchev–Trinajstić information content (AvgIpc) is 2.49. The summed E-state index contributed by atoms with van der Waals surface area (Å²) in [4.78, 5) is 2.07. The molecule has 2 aromatic rings. The first kappa shape index (κ1) is 16.0. The summed E-state index contributed by atoms with van der Waals surface area (Å²) >= 11 is 6.05. The molecule has 0 amide bonds. The molecule has 0 fully saturated rings. The van der Waals surface area contributed by atoms with E-state index in [1.165, 1.54) is 6.07 Å². The minimum Gasteiger partial charge on any atom is -0.329 e. The number of halogens is 2. The summed E-state index contributed by atoms with van der Waals surface area (Å²) in [6.45, 7) is 2.41. The molecule has 0 aliphatic carbocycles. The van der Waals surface area contributed by atoms with Crippen LogP contribution in [0.15, 0.2) is 48.5 Å². The van der Waals surface area contributed by atoms with Gasteiger partial charge in [-0.1, -0.05) is 41.9 Å². The lowest BCUT2D eigenvalue weighted by Crippen LogP contribution is -2.33. The van der Waals surface area contributed by atoms with Gasteiger partial charge in [-0.2, -0.15) is 0 Å². The van der Waals surface area contributed by atoms with Gasteiger partial charge in [0.2, 0.25) is 0 Å². The maximum Gasteiger partial charge on any atom is 0.128 e. The highest BCUT2D eigenvalue weighted by molar-refractivity contribution is 6.30. The highest BCUT2D eigenvalue weighted by Crippen LogP contribution is 2.30. The first-order valence-corrected chi connectivity index (χ1v) is 7.34. The molecule has 0 spiro atoms. The molecule has 2 nitrogen and oxygen atoms in total. The molecule has 21 heavy (non-hydrogen) atoms. The fourth-order valence-electron chi connectivity index (χ4n) is 2.53. The van der Waals surface area contributed by atoms with E-state index < -0.39 is 0 Å². The van der Waals surface area contributed by atoms with Gasteiger partial charge >= 0.3 is 0 Å². The van der Waals surface area contributed by atoms with Crippen molar-refractivity contribution >= 4 is 11.6 Å². The maximum atomic E-state index is 14.0. The number of hydrogen-bond acceptors (Lipinski definition) is 2. The van der Waals surface area contributed by atoms with Crippen LogP contribution in [0.3, 0.4) is 0 Å². The second-order valence-electron chi connectivity index (χ2n) is 5.17. The number of likely N-dealkylation sites (N-methyl/N-ethyl adjacent to an activating group) is 1. The molecule has 2 N–H and O–H groups in total. The first-order valence-electron chi connectivity index (χ1n) is 6.96. The molecule has 0 heterocycles. The van der Waals surface area contributed by atoms with Gasteiger partial charge in [-0.15, -0.1) is 0 Å². The summed E-state index contributed by atoms with van der Waals surface area (Å²) in [7, 11) is 1.95. The fraction of sp³-hybridized carbons (Fsp3) is 0.294. The van der Waals surface area contributed by atoms with Crippen LogP contribution in [0.1, 0.15) is 30.1 Å². The Hall–Kier alpha value is -1.42. The number of benzene rings is 2. The molecule has 2 unspecified atom stereocenters. The topological polar surface area (TPSA) is 29.3 Å². The van der Waals surface area contributed by atoms with Crippen LogP contribution in [0.2, 0.25) is 5.02 Å². The molecule has 0 aromatic heterocycles. The molecule has 0 saturated heterocycles. The van der Waals surface area contributed by atoms with Crippen molar-refractivity contribution in [2.45, 2.75) is 19.0 Å². The van der Waals surface area contributed by atoms with Crippen molar-refractivity contribution in [2.24, 2.45) is 5.73 Å². The normalized spacial score (nSPS) is 14.2. The standard InChI is InChI=1S/C17H20ClFN2/c1-12(13-6-5-7-14(18)10-13)21(2)17(11-20)15-8-3-4-9-16(15)19/h3-10,12,17H,11,20H2,1-2H3. The zero-order valence-corrected chi connectivity index (χ0v) is 13.0. The van der Waals surface area contributed by atoms with E-state index in [9.17, 15) is 4.39 Å². The summed E-state index contributed by atoms with van der Waals surface area (Å²) in [5, 5.41) is 0.697. The smallest absolute Gasteiger partial charge is 0.128 e. The SMILES string of the molecule is CC(c1cccc(Cl)c1)N(C)C(CN)c1ccccc1F. The van der Waals surface area contributed by atoms with Crippen LogP contribution < -0.4 is 5.73 Å². The fourth-order valence-corrected chi connectivity index (χ4v) is 2.73. The van der Waals surface area contributed by atoms with E-state index in [4.69, 9.17) is 17.3 Å². The molecule has 0 aliphatic rings. The second-order valence-corrected chi connectivity index (χ2v) is 5.61. The van der Waals surface area contributed by atoms with Gasteiger partial charge in [0.1, 0.15) is 5.82 Å². The Bertz CT molecular complexity index is 603. The number of nitrogens with zero attached hydrogens (tertiary/aromatic N) is 1. The van der Waals surface area contributed by atoms with Crippen molar-refractivity contribution in [2.75, 3.05) is 13.6 Å². The van der Waals surface area contributed by atoms with E-state index in [2.05, 4.69) is 11.8 Å². The lowest BCUT2D eigenvalue weighted by atomic mass is 10.0. The van der Waals surface area contributed by atoms with E-state index in [0.717, 1.165) is 5.56 Å². The quantitative estimate of drug-likeness (QED) is 0.898. The van der Waals surface area contributed by atoms with Crippen molar-refractivity contribution in [1.82, 2.24) is 4.90 Å². The van der Waals surface area contributed by atoms with Crippen molar-refractivity contribution in [3.05, 3.63) is 70.5 Å². The largest absolute Gasteiger partial charge is 0.329 e. The minimum atomic E-state index is -0.224. The van der Waals surface area contributed by atoms with E-state index in [-0.39, 0.29) is 17.9 Å². The Balaban J connectivity index is 2.28. The van der Waals surface area contributed by atoms with Gasteiger partial charge in [-0.05, 0) is 37.7 Å². The van der Waals surface area contributed by atoms with Crippen molar-refractivity contribution < 1.29 is 4.39 Å². The average molecular weight is 307 g/mol. The van der Waals surface area contributed by atoms with Crippen LogP contribution in [0.4, 0.5) is 4.39 Å². The van der Waals surface area contributed by atoms with Gasteiger partial charge in [0.15, 0.2) is 0 Å². The monoisotopic (exact) mass is 306 g/mol. The number of hydrogen-bond donors (Lipinski definition) is 1. The van der Waals surface area contributed by atoms with Crippen molar-refractivity contribution in [3.8, 4) is 0 Å². The van der Waals surface area contributed by atoms with Crippen molar-refractivity contribution in [3.63, 3.8) is 0 Å². The number of nitrogens with two attached hydrogens (primary N) is 1. The first-order chi connectivity index (χ1) is 10.0. The molecule has 0 aliphatic heterocycles. The van der Waals surface area contributed by atoms with E-state index >= 15 is 0 Å². The molecule has 0 radical (unpaired) electrons. The van der Waals surface area contributed by atoms with Crippen LogP contribution in [0.5, 0.6) is 0 Å². The Morgan fingerprint density at radius 3 is 2.52 bits per heavy atom. The predicted molar refractivity (Wildman–Crippen MR) is 85.8 cm³/mol. The highest BCUT2D eigenvalue weighted by Gasteiger charge is 2.23. The van der Waals surface area contributed by atoms with E-state index in [1.807, 2.05) is 37.4 Å². The van der Waals surface area contributed by atoms with Crippen LogP contribution in [-0.4, -0.2) is 18.5 Å². The van der Waals surface area contributed by atoms with Gasteiger partial charge in [-0.3, -0.25) is 4.90 Å². The van der Waals surface area contributed by atoms with Crippen LogP contribution >= 0.6 is 11.6 Å². The number of rotatable bonds is 5. The zero-order valence-electron chi connectivity index (χ0n) is 12.3. The van der Waals surface area contributed by atoms with Crippen molar-refractivity contribution in [1.29, 1.82) is 0 Å². The molecule has 0 saturated carbocycles. The van der Waals surface area contributed by atoms with Gasteiger partial charge < -0.3 is 5.73 Å². The van der Waals surface area contributed by atoms with Gasteiger partial charge in [0.05, 0.1) is 6.04 Å². The van der Waals surface area contributed by atoms with Crippen LogP contribution in [0.25, 0.3) is 0 Å². The third-order valence-electron chi connectivity index (χ3n) is 3.92. The van der Waals surface area contributed by atoms with Gasteiger partial charge in [-0.25, -0.2) is 4.39 Å². The van der Waals surface area contributed by atoms with Crippen LogP contribution in [-0.2, 0) is 0 Å². The molecule has 0 bridgehead atoms. The van der Waals surface area contributed by atoms with Gasteiger partial charge in [0, 0.05) is 23.2 Å². The second kappa shape index (κ2) is 7.03. The lowest BCUT2D eigenvalue weighted by Gasteiger charge is -2.33. The zero-order chi connectivity index (χ0) is 15.4. The lowest BCUT2D eigenvalue weighted by molar-refractivity contribution is 0.186. The Morgan fingerprint density at radius 1 is 1.19 bits per heavy atom. The summed E-state index contributed by atoms with van der Waals surface area (Å²) in [6.07, 6.45) is 0. The summed E-state index contributed by atoms with van der Waals surface area (Å²) in [6, 6.07) is 14.4. The molecule has 2 aromatic carbocycles. The molecular formula is C17H20ClFN2. The molecule has 112 valence electrons. The summed E-state index contributed by atoms with van der Waals surface area (Å²) < 4.78 is 14.0. The summed E-state index contributed by atoms with van der Waals surface area (Å²) in [5.74, 6) is -0.224. The highest BCUT2D eigenvalue weighted by atomic mass is 35.5. The van der Waals surface area contributed by atoms with Crippen LogP contribution in [0, 0.1) is 5.82 Å². The van der Waals surface area contributed by atoms with Gasteiger partial charge in [0.25, 0.3) is 0 Å². The minimum absolute atomic E-state index is 0.0804. The Morgan fingerprint density at radius 2 is 1.90 bits per heavy atom. The molecule has 4 heteroatoms. The Labute approximate surface area is 130 Å².